The third-order valence-electron chi connectivity index (χ3n) is 15.1. The zero-order valence-corrected chi connectivity index (χ0v) is 52.8. The van der Waals surface area contributed by atoms with Crippen molar-refractivity contribution in [2.45, 2.75) is 334 Å². The molecule has 9 nitrogen and oxygen atoms in total. The summed E-state index contributed by atoms with van der Waals surface area (Å²) in [5.74, 6) is -1.99. The molecule has 2 unspecified atom stereocenters. The molecular weight excluding hydrogens is 983 g/mol. The SMILES string of the molecule is CCCCCCC/C=C\C/C=C\C/C=C\CCCCCCCCCCCCCCCCCCCCCCCCC(=O)OC(COC(=O)CCCCCCCCC/C=C\CCCCCCCC)COC(OCC[N+](C)(C)C)C(=O)O. The molecule has 9 heteroatoms. The summed E-state index contributed by atoms with van der Waals surface area (Å²) in [6.07, 6.45) is 75.1. The van der Waals surface area contributed by atoms with E-state index in [2.05, 4.69) is 62.5 Å². The standard InChI is InChI=1S/C70H129NO8/c1-6-8-10-12-14-16-18-20-22-24-25-26-27-28-29-30-31-32-33-34-35-36-37-38-39-40-41-42-43-45-47-49-51-53-55-57-59-61-68(73)79-66(65-78-70(69(74)75)76-63-62-71(3,4)5)64-77-67(72)60-58-56-54-52-50-48-46-44-23-21-19-17-15-13-11-9-7-2/h18,20-21,23-25,27-28,66,70H,6-17,19,22,26,29-65H2,1-5H3/p+1/b20-18-,23-21-,25-24-,28-27-. The number of rotatable bonds is 63. The largest absolute Gasteiger partial charge is 0.477 e. The van der Waals surface area contributed by atoms with Crippen LogP contribution in [-0.4, -0.2) is 87.4 Å². The van der Waals surface area contributed by atoms with Gasteiger partial charge in [-0.3, -0.25) is 9.59 Å². The first-order chi connectivity index (χ1) is 38.6. The summed E-state index contributed by atoms with van der Waals surface area (Å²) in [4.78, 5) is 37.5. The van der Waals surface area contributed by atoms with Crippen LogP contribution in [-0.2, 0) is 33.3 Å². The van der Waals surface area contributed by atoms with Gasteiger partial charge >= 0.3 is 17.9 Å². The van der Waals surface area contributed by atoms with Gasteiger partial charge in [-0.05, 0) is 77.0 Å². The van der Waals surface area contributed by atoms with Crippen LogP contribution in [0, 0.1) is 0 Å². The van der Waals surface area contributed by atoms with Gasteiger partial charge in [-0.15, -0.1) is 0 Å². The van der Waals surface area contributed by atoms with E-state index in [-0.39, 0.29) is 38.2 Å². The molecule has 0 aliphatic rings. The number of carboxylic acids is 1. The van der Waals surface area contributed by atoms with Crippen molar-refractivity contribution in [1.82, 2.24) is 0 Å². The molecule has 0 aromatic heterocycles. The van der Waals surface area contributed by atoms with Crippen LogP contribution in [0.2, 0.25) is 0 Å². The van der Waals surface area contributed by atoms with Gasteiger partial charge < -0.3 is 28.5 Å². The van der Waals surface area contributed by atoms with E-state index in [0.29, 0.717) is 17.4 Å². The molecule has 0 saturated heterocycles. The van der Waals surface area contributed by atoms with Crippen LogP contribution in [0.15, 0.2) is 48.6 Å². The highest BCUT2D eigenvalue weighted by atomic mass is 16.7. The van der Waals surface area contributed by atoms with Gasteiger partial charge in [-0.25, -0.2) is 4.79 Å². The topological polar surface area (TPSA) is 108 Å². The Morgan fingerprint density at radius 1 is 0.380 bits per heavy atom. The number of hydrogen-bond acceptors (Lipinski definition) is 7. The van der Waals surface area contributed by atoms with Gasteiger partial charge in [0.2, 0.25) is 0 Å². The van der Waals surface area contributed by atoms with Crippen LogP contribution < -0.4 is 0 Å². The highest BCUT2D eigenvalue weighted by molar-refractivity contribution is 5.71. The van der Waals surface area contributed by atoms with E-state index >= 15 is 0 Å². The summed E-state index contributed by atoms with van der Waals surface area (Å²) < 4.78 is 22.9. The van der Waals surface area contributed by atoms with E-state index in [4.69, 9.17) is 18.9 Å². The molecule has 1 N–H and O–H groups in total. The van der Waals surface area contributed by atoms with Gasteiger partial charge in [0, 0.05) is 12.8 Å². The van der Waals surface area contributed by atoms with Gasteiger partial charge in [-0.1, -0.05) is 281 Å². The second kappa shape index (κ2) is 61.3. The Morgan fingerprint density at radius 2 is 0.684 bits per heavy atom. The molecule has 2 atom stereocenters. The zero-order chi connectivity index (χ0) is 57.6. The van der Waals surface area contributed by atoms with E-state index in [1.807, 2.05) is 21.1 Å². The predicted molar refractivity (Wildman–Crippen MR) is 337 cm³/mol. The summed E-state index contributed by atoms with van der Waals surface area (Å²) in [5.41, 5.74) is 0. The third-order valence-corrected chi connectivity index (χ3v) is 15.1. The fraction of sp³-hybridized carbons (Fsp3) is 0.843. The third kappa shape index (κ3) is 62.7. The summed E-state index contributed by atoms with van der Waals surface area (Å²) in [6.45, 7) is 4.90. The Labute approximate surface area is 489 Å². The Balaban J connectivity index is 4.01. The van der Waals surface area contributed by atoms with Gasteiger partial charge in [0.05, 0.1) is 34.4 Å². The van der Waals surface area contributed by atoms with Crippen molar-refractivity contribution in [3.05, 3.63) is 48.6 Å². The number of carbonyl (C=O) groups excluding carboxylic acids is 2. The fourth-order valence-corrected chi connectivity index (χ4v) is 9.84. The number of carboxylic acid groups (broad SMARTS) is 1. The van der Waals surface area contributed by atoms with Crippen LogP contribution in [0.1, 0.15) is 322 Å². The summed E-state index contributed by atoms with van der Waals surface area (Å²) >= 11 is 0. The quantitative estimate of drug-likeness (QED) is 0.0211. The van der Waals surface area contributed by atoms with Crippen molar-refractivity contribution in [2.75, 3.05) is 47.5 Å². The molecule has 0 aliphatic heterocycles. The Hall–Kier alpha value is -2.75. The van der Waals surface area contributed by atoms with Crippen LogP contribution in [0.4, 0.5) is 0 Å². The average molecular weight is 1110 g/mol. The van der Waals surface area contributed by atoms with Gasteiger partial charge in [0.25, 0.3) is 6.29 Å². The molecule has 0 rings (SSSR count). The molecule has 0 aromatic rings. The second-order valence-electron chi connectivity index (χ2n) is 24.1. The fourth-order valence-electron chi connectivity index (χ4n) is 9.84. The van der Waals surface area contributed by atoms with Crippen LogP contribution in [0.3, 0.4) is 0 Å². The molecule has 0 saturated carbocycles. The second-order valence-corrected chi connectivity index (χ2v) is 24.1. The molecule has 0 bridgehead atoms. The van der Waals surface area contributed by atoms with Gasteiger partial charge in [0.15, 0.2) is 6.10 Å². The molecular formula is C70H130NO8+. The first-order valence-electron chi connectivity index (χ1n) is 33.8. The van der Waals surface area contributed by atoms with Gasteiger partial charge in [-0.2, -0.15) is 0 Å². The molecule has 0 aliphatic carbocycles. The first kappa shape index (κ1) is 76.2. The number of quaternary nitrogens is 1. The van der Waals surface area contributed by atoms with E-state index in [1.165, 1.54) is 244 Å². The Bertz CT molecular complexity index is 1430. The van der Waals surface area contributed by atoms with E-state index < -0.39 is 18.4 Å². The smallest absolute Gasteiger partial charge is 0.361 e. The number of likely N-dealkylation sites (N-methyl/N-ethyl adjacent to an activating group) is 1. The minimum Gasteiger partial charge on any atom is -0.477 e. The lowest BCUT2D eigenvalue weighted by molar-refractivity contribution is -0.870. The molecule has 79 heavy (non-hydrogen) atoms. The highest BCUT2D eigenvalue weighted by Crippen LogP contribution is 2.18. The molecule has 0 amide bonds. The summed E-state index contributed by atoms with van der Waals surface area (Å²) in [7, 11) is 5.98. The Morgan fingerprint density at radius 3 is 1.03 bits per heavy atom. The molecule has 462 valence electrons. The van der Waals surface area contributed by atoms with Crippen molar-refractivity contribution in [3.63, 3.8) is 0 Å². The van der Waals surface area contributed by atoms with Crippen molar-refractivity contribution >= 4 is 17.9 Å². The number of hydrogen-bond donors (Lipinski definition) is 1. The number of nitrogens with zero attached hydrogens (tertiary/aromatic N) is 1. The van der Waals surface area contributed by atoms with Crippen molar-refractivity contribution in [1.29, 1.82) is 0 Å². The number of aliphatic carboxylic acids is 1. The minimum atomic E-state index is -1.51. The number of esters is 2. The molecule has 0 spiro atoms. The lowest BCUT2D eigenvalue weighted by Crippen LogP contribution is -2.40. The van der Waals surface area contributed by atoms with E-state index in [1.54, 1.807) is 0 Å². The maximum Gasteiger partial charge on any atom is 0.361 e. The maximum atomic E-state index is 12.9. The van der Waals surface area contributed by atoms with Crippen LogP contribution in [0.25, 0.3) is 0 Å². The number of ether oxygens (including phenoxy) is 4. The molecule has 0 aromatic carbocycles. The zero-order valence-electron chi connectivity index (χ0n) is 52.8. The van der Waals surface area contributed by atoms with Crippen molar-refractivity contribution in [2.24, 2.45) is 0 Å². The number of unbranched alkanes of at least 4 members (excludes halogenated alkanes) is 40. The van der Waals surface area contributed by atoms with Crippen molar-refractivity contribution in [3.8, 4) is 0 Å². The van der Waals surface area contributed by atoms with Crippen LogP contribution >= 0.6 is 0 Å². The normalized spacial score (nSPS) is 13.0. The maximum absolute atomic E-state index is 12.9. The molecule has 0 radical (unpaired) electrons. The van der Waals surface area contributed by atoms with Gasteiger partial charge in [0.1, 0.15) is 13.2 Å². The summed E-state index contributed by atoms with van der Waals surface area (Å²) in [5, 5.41) is 9.72. The summed E-state index contributed by atoms with van der Waals surface area (Å²) in [6, 6.07) is 0. The predicted octanol–water partition coefficient (Wildman–Crippen LogP) is 20.6. The lowest BCUT2D eigenvalue weighted by Gasteiger charge is -2.25. The molecule has 0 fully saturated rings. The molecule has 0 heterocycles. The van der Waals surface area contributed by atoms with E-state index in [0.717, 1.165) is 51.4 Å². The number of carbonyl (C=O) groups is 3. The lowest BCUT2D eigenvalue weighted by atomic mass is 10.0. The first-order valence-corrected chi connectivity index (χ1v) is 33.8. The van der Waals surface area contributed by atoms with Crippen molar-refractivity contribution < 1.29 is 42.9 Å². The number of allylic oxidation sites excluding steroid dienone is 8. The average Bonchev–Trinajstić information content (AvgIpc) is 3.42. The van der Waals surface area contributed by atoms with Crippen LogP contribution in [0.5, 0.6) is 0 Å². The monoisotopic (exact) mass is 1110 g/mol. The highest BCUT2D eigenvalue weighted by Gasteiger charge is 2.25. The van der Waals surface area contributed by atoms with E-state index in [9.17, 15) is 19.5 Å². The Kier molecular flexibility index (Phi) is 59.2. The minimum absolute atomic E-state index is 0.181.